The van der Waals surface area contributed by atoms with E-state index < -0.39 is 5.97 Å². The van der Waals surface area contributed by atoms with Crippen LogP contribution < -0.4 is 9.64 Å². The summed E-state index contributed by atoms with van der Waals surface area (Å²) in [6.07, 6.45) is 0.875. The summed E-state index contributed by atoms with van der Waals surface area (Å²) in [5.41, 5.74) is 2.59. The van der Waals surface area contributed by atoms with Crippen molar-refractivity contribution in [3.63, 3.8) is 0 Å². The van der Waals surface area contributed by atoms with Crippen molar-refractivity contribution in [2.75, 3.05) is 30.6 Å². The number of carboxylic acid groups (broad SMARTS) is 1. The molecule has 3 rings (SSSR count). The molecular weight excluding hydrogens is 350 g/mol. The summed E-state index contributed by atoms with van der Waals surface area (Å²) in [6.45, 7) is 4.85. The van der Waals surface area contributed by atoms with E-state index in [0.29, 0.717) is 12.2 Å². The van der Waals surface area contributed by atoms with Crippen LogP contribution in [0.5, 0.6) is 5.75 Å². The van der Waals surface area contributed by atoms with Crippen LogP contribution in [0.4, 0.5) is 5.69 Å². The number of ether oxygens (including phenoxy) is 2. The molecule has 1 aliphatic rings. The predicted octanol–water partition coefficient (Wildman–Crippen LogP) is 4.26. The van der Waals surface area contributed by atoms with E-state index in [-0.39, 0.29) is 0 Å². The molecule has 0 aromatic heterocycles. The van der Waals surface area contributed by atoms with Crippen LogP contribution in [0.25, 0.3) is 0 Å². The molecule has 1 aliphatic heterocycles. The molecule has 5 nitrogen and oxygen atoms in total. The number of thioether (sulfide) groups is 1. The fourth-order valence-electron chi connectivity index (χ4n) is 2.82. The summed E-state index contributed by atoms with van der Waals surface area (Å²) in [6, 6.07) is 13.4. The molecule has 0 bridgehead atoms. The van der Waals surface area contributed by atoms with Gasteiger partial charge in [0.05, 0.1) is 23.7 Å². The number of nitrogens with zero attached hydrogens (tertiary/aromatic N) is 1. The standard InChI is InChI=1S/C20H23NO4S/c1-2-24-9-4-10-25-17-6-3-5-15(11-17)13-21-14-26-19-12-16(20(22)23)7-8-18(19)21/h3,5-8,11-12H,2,4,9-10,13-14H2,1H3,(H,22,23). The fourth-order valence-corrected chi connectivity index (χ4v) is 3.90. The first-order valence-corrected chi connectivity index (χ1v) is 9.70. The number of hydrogen-bond donors (Lipinski definition) is 1. The van der Waals surface area contributed by atoms with Gasteiger partial charge in [0, 0.05) is 31.1 Å². The lowest BCUT2D eigenvalue weighted by molar-refractivity contribution is 0.0696. The van der Waals surface area contributed by atoms with Gasteiger partial charge in [-0.05, 0) is 42.8 Å². The Morgan fingerprint density at radius 2 is 2.12 bits per heavy atom. The Morgan fingerprint density at radius 1 is 1.23 bits per heavy atom. The second-order valence-electron chi connectivity index (χ2n) is 6.01. The Morgan fingerprint density at radius 3 is 2.92 bits per heavy atom. The fraction of sp³-hybridized carbons (Fsp3) is 0.350. The van der Waals surface area contributed by atoms with E-state index in [1.54, 1.807) is 23.9 Å². The van der Waals surface area contributed by atoms with Gasteiger partial charge in [-0.2, -0.15) is 0 Å². The lowest BCUT2D eigenvalue weighted by atomic mass is 10.1. The van der Waals surface area contributed by atoms with Crippen molar-refractivity contribution in [1.29, 1.82) is 0 Å². The van der Waals surface area contributed by atoms with Crippen molar-refractivity contribution in [2.24, 2.45) is 0 Å². The van der Waals surface area contributed by atoms with Gasteiger partial charge in [0.25, 0.3) is 0 Å². The Kier molecular flexibility index (Phi) is 6.41. The summed E-state index contributed by atoms with van der Waals surface area (Å²) in [5.74, 6) is 0.797. The first kappa shape index (κ1) is 18.6. The molecule has 0 atom stereocenters. The summed E-state index contributed by atoms with van der Waals surface area (Å²) >= 11 is 1.67. The van der Waals surface area contributed by atoms with Crippen LogP contribution >= 0.6 is 11.8 Å². The highest BCUT2D eigenvalue weighted by Crippen LogP contribution is 2.39. The molecule has 2 aromatic rings. The predicted molar refractivity (Wildman–Crippen MR) is 103 cm³/mol. The van der Waals surface area contributed by atoms with Crippen molar-refractivity contribution in [3.05, 3.63) is 53.6 Å². The quantitative estimate of drug-likeness (QED) is 0.663. The van der Waals surface area contributed by atoms with Crippen LogP contribution in [0.3, 0.4) is 0 Å². The van der Waals surface area contributed by atoms with Crippen LogP contribution in [-0.4, -0.2) is 36.8 Å². The van der Waals surface area contributed by atoms with Gasteiger partial charge in [0.2, 0.25) is 0 Å². The van der Waals surface area contributed by atoms with Crippen LogP contribution in [0.2, 0.25) is 0 Å². The van der Waals surface area contributed by atoms with Crippen LogP contribution in [0.1, 0.15) is 29.3 Å². The smallest absolute Gasteiger partial charge is 0.335 e. The molecule has 0 radical (unpaired) electrons. The van der Waals surface area contributed by atoms with E-state index in [1.165, 1.54) is 5.56 Å². The van der Waals surface area contributed by atoms with Gasteiger partial charge in [0.1, 0.15) is 5.75 Å². The number of aromatic carboxylic acids is 1. The van der Waals surface area contributed by atoms with Crippen molar-refractivity contribution in [1.82, 2.24) is 0 Å². The zero-order chi connectivity index (χ0) is 18.4. The summed E-state index contributed by atoms with van der Waals surface area (Å²) in [5, 5.41) is 9.12. The van der Waals surface area contributed by atoms with Gasteiger partial charge in [-0.25, -0.2) is 4.79 Å². The molecule has 138 valence electrons. The van der Waals surface area contributed by atoms with Gasteiger partial charge in [-0.15, -0.1) is 11.8 Å². The first-order chi connectivity index (χ1) is 12.7. The maximum Gasteiger partial charge on any atom is 0.335 e. The molecule has 0 fully saturated rings. The lowest BCUT2D eigenvalue weighted by Gasteiger charge is -2.19. The molecule has 0 unspecified atom stereocenters. The highest BCUT2D eigenvalue weighted by Gasteiger charge is 2.21. The van der Waals surface area contributed by atoms with Crippen molar-refractivity contribution >= 4 is 23.4 Å². The molecule has 0 aliphatic carbocycles. The van der Waals surface area contributed by atoms with Gasteiger partial charge < -0.3 is 19.5 Å². The molecule has 0 amide bonds. The first-order valence-electron chi connectivity index (χ1n) is 8.72. The highest BCUT2D eigenvalue weighted by molar-refractivity contribution is 7.99. The minimum atomic E-state index is -0.888. The van der Waals surface area contributed by atoms with Crippen LogP contribution in [0, 0.1) is 0 Å². The second-order valence-corrected chi connectivity index (χ2v) is 6.99. The number of fused-ring (bicyclic) bond motifs is 1. The summed E-state index contributed by atoms with van der Waals surface area (Å²) in [7, 11) is 0. The average molecular weight is 373 g/mol. The maximum atomic E-state index is 11.1. The monoisotopic (exact) mass is 373 g/mol. The Hall–Kier alpha value is -2.18. The molecule has 0 saturated heterocycles. The Balaban J connectivity index is 1.60. The molecule has 2 aromatic carbocycles. The van der Waals surface area contributed by atoms with Crippen LogP contribution in [0.15, 0.2) is 47.4 Å². The third kappa shape index (κ3) is 4.71. The zero-order valence-electron chi connectivity index (χ0n) is 14.8. The average Bonchev–Trinajstić information content (AvgIpc) is 3.04. The maximum absolute atomic E-state index is 11.1. The van der Waals surface area contributed by atoms with E-state index in [9.17, 15) is 4.79 Å². The van der Waals surface area contributed by atoms with E-state index in [4.69, 9.17) is 14.6 Å². The number of anilines is 1. The molecule has 0 spiro atoms. The van der Waals surface area contributed by atoms with Gasteiger partial charge >= 0.3 is 5.97 Å². The largest absolute Gasteiger partial charge is 0.493 e. The van der Waals surface area contributed by atoms with Crippen LogP contribution in [-0.2, 0) is 11.3 Å². The van der Waals surface area contributed by atoms with Crippen molar-refractivity contribution in [3.8, 4) is 5.75 Å². The van der Waals surface area contributed by atoms with E-state index >= 15 is 0 Å². The normalized spacial score (nSPS) is 12.9. The Bertz CT molecular complexity index is 765. The molecular formula is C20H23NO4S. The second kappa shape index (κ2) is 8.96. The molecule has 26 heavy (non-hydrogen) atoms. The van der Waals surface area contributed by atoms with E-state index in [2.05, 4.69) is 17.0 Å². The van der Waals surface area contributed by atoms with Gasteiger partial charge in [-0.3, -0.25) is 0 Å². The minimum absolute atomic E-state index is 0.334. The number of carboxylic acids is 1. The highest BCUT2D eigenvalue weighted by atomic mass is 32.2. The molecule has 1 heterocycles. The molecule has 1 N–H and O–H groups in total. The minimum Gasteiger partial charge on any atom is -0.493 e. The number of benzene rings is 2. The van der Waals surface area contributed by atoms with E-state index in [1.807, 2.05) is 25.1 Å². The van der Waals surface area contributed by atoms with Gasteiger partial charge in [-0.1, -0.05) is 12.1 Å². The van der Waals surface area contributed by atoms with E-state index in [0.717, 1.165) is 48.4 Å². The lowest BCUT2D eigenvalue weighted by Crippen LogP contribution is -2.18. The summed E-state index contributed by atoms with van der Waals surface area (Å²) in [4.78, 5) is 14.4. The topological polar surface area (TPSA) is 59.0 Å². The van der Waals surface area contributed by atoms with Crippen molar-refractivity contribution < 1.29 is 19.4 Å². The zero-order valence-corrected chi connectivity index (χ0v) is 15.6. The third-order valence-electron chi connectivity index (χ3n) is 4.10. The Labute approximate surface area is 157 Å². The molecule has 6 heteroatoms. The SMILES string of the molecule is CCOCCCOc1cccc(CN2CSc3cc(C(=O)O)ccc32)c1. The number of rotatable bonds is 9. The third-order valence-corrected chi connectivity index (χ3v) is 5.18. The van der Waals surface area contributed by atoms with Gasteiger partial charge in [0.15, 0.2) is 0 Å². The number of hydrogen-bond acceptors (Lipinski definition) is 5. The van der Waals surface area contributed by atoms with Crippen molar-refractivity contribution in [2.45, 2.75) is 24.8 Å². The summed E-state index contributed by atoms with van der Waals surface area (Å²) < 4.78 is 11.1. The number of carbonyl (C=O) groups is 1. The molecule has 0 saturated carbocycles.